The number of nitrogens with one attached hydrogen (secondary N) is 4. The molecule has 244 valence electrons. The summed E-state index contributed by atoms with van der Waals surface area (Å²) in [5, 5.41) is 30.3. The van der Waals surface area contributed by atoms with Gasteiger partial charge in [0.2, 0.25) is 23.6 Å². The predicted molar refractivity (Wildman–Crippen MR) is 174 cm³/mol. The number of carbonyl (C=O) groups is 5. The lowest BCUT2D eigenvalue weighted by Gasteiger charge is -2.38. The minimum atomic E-state index is -1.37. The molecule has 2 aromatic rings. The standard InChI is InChI=1S/C31H41N5O7S2/c1-17-25(38)34-22(16-18-9-7-6-8-10-18)27(40)36-24(29(42)43)31(4,5)45-44-30(2,3)23(28(41)33-17)35-26(39)21(32)15-19-11-13-20(37)14-12-19/h6-14,17,21-24,37H,15-16,32H2,1-5H3,(H,33,41)(H,34,38)(H,35,39)(H,36,40)(H,42,43)/t17-,21+,22?,23+,24+/m1/s1. The lowest BCUT2D eigenvalue weighted by Crippen LogP contribution is -2.63. The van der Waals surface area contributed by atoms with E-state index in [1.165, 1.54) is 29.9 Å². The zero-order chi connectivity index (χ0) is 33.5. The normalized spacial score (nSPS) is 24.6. The molecule has 0 aliphatic carbocycles. The van der Waals surface area contributed by atoms with Crippen LogP contribution < -0.4 is 27.0 Å². The lowest BCUT2D eigenvalue weighted by molar-refractivity contribution is -0.143. The van der Waals surface area contributed by atoms with E-state index < -0.39 is 69.3 Å². The second-order valence-corrected chi connectivity index (χ2v) is 15.5. The third kappa shape index (κ3) is 9.87. The average molecular weight is 660 g/mol. The number of carboxylic acid groups (broad SMARTS) is 1. The highest BCUT2D eigenvalue weighted by atomic mass is 33.1. The molecule has 0 saturated carbocycles. The molecule has 5 atom stereocenters. The van der Waals surface area contributed by atoms with Gasteiger partial charge in [0.15, 0.2) is 0 Å². The zero-order valence-corrected chi connectivity index (χ0v) is 27.5. The summed E-state index contributed by atoms with van der Waals surface area (Å²) in [5.41, 5.74) is 7.63. The van der Waals surface area contributed by atoms with Crippen LogP contribution in [0.25, 0.3) is 0 Å². The fraction of sp³-hybridized carbons (Fsp3) is 0.452. The molecule has 4 amide bonds. The van der Waals surface area contributed by atoms with E-state index in [4.69, 9.17) is 5.73 Å². The van der Waals surface area contributed by atoms with Gasteiger partial charge in [-0.3, -0.25) is 19.2 Å². The molecule has 0 aromatic heterocycles. The summed E-state index contributed by atoms with van der Waals surface area (Å²) < 4.78 is -2.16. The quantitative estimate of drug-likeness (QED) is 0.214. The Hall–Kier alpha value is -3.75. The Kier molecular flexibility index (Phi) is 11.9. The number of aromatic hydroxyl groups is 1. The number of hydrogen-bond donors (Lipinski definition) is 7. The van der Waals surface area contributed by atoms with Gasteiger partial charge in [-0.25, -0.2) is 4.79 Å². The average Bonchev–Trinajstić information content (AvgIpc) is 2.97. The first-order valence-corrected chi connectivity index (χ1v) is 16.5. The van der Waals surface area contributed by atoms with E-state index in [1.54, 1.807) is 64.1 Å². The monoisotopic (exact) mass is 659 g/mol. The van der Waals surface area contributed by atoms with Gasteiger partial charge in [0.1, 0.15) is 29.9 Å². The Balaban J connectivity index is 1.93. The SMILES string of the molecule is C[C@H]1NC(=O)[C@H](NC(=O)[C@@H](N)Cc2ccc(O)cc2)C(C)(C)SSC(C)(C)[C@H](C(=O)O)NC(=O)C(Cc2ccccc2)NC1=O. The number of phenolic OH excluding ortho intramolecular Hbond substituents is 1. The fourth-order valence-corrected chi connectivity index (χ4v) is 7.40. The van der Waals surface area contributed by atoms with Crippen molar-refractivity contribution in [1.82, 2.24) is 21.3 Å². The summed E-state index contributed by atoms with van der Waals surface area (Å²) in [6.07, 6.45) is 0.218. The molecule has 0 spiro atoms. The maximum Gasteiger partial charge on any atom is 0.327 e. The summed E-state index contributed by atoms with van der Waals surface area (Å²) in [6, 6.07) is 9.32. The van der Waals surface area contributed by atoms with Gasteiger partial charge >= 0.3 is 5.97 Å². The molecular weight excluding hydrogens is 619 g/mol. The van der Waals surface area contributed by atoms with Crippen molar-refractivity contribution in [2.24, 2.45) is 5.73 Å². The highest BCUT2D eigenvalue weighted by Crippen LogP contribution is 2.46. The molecule has 14 heteroatoms. The lowest BCUT2D eigenvalue weighted by atomic mass is 9.99. The summed E-state index contributed by atoms with van der Waals surface area (Å²) >= 11 is 0. The molecule has 3 rings (SSSR count). The number of rotatable bonds is 7. The van der Waals surface area contributed by atoms with Crippen LogP contribution in [0.2, 0.25) is 0 Å². The van der Waals surface area contributed by atoms with Crippen LogP contribution in [0.5, 0.6) is 5.75 Å². The van der Waals surface area contributed by atoms with Gasteiger partial charge in [-0.2, -0.15) is 0 Å². The molecule has 2 aromatic carbocycles. The Morgan fingerprint density at radius 1 is 0.867 bits per heavy atom. The van der Waals surface area contributed by atoms with Crippen molar-refractivity contribution in [3.05, 3.63) is 65.7 Å². The van der Waals surface area contributed by atoms with Crippen molar-refractivity contribution in [3.8, 4) is 5.75 Å². The molecule has 45 heavy (non-hydrogen) atoms. The molecule has 1 heterocycles. The van der Waals surface area contributed by atoms with E-state index >= 15 is 0 Å². The van der Waals surface area contributed by atoms with E-state index in [0.29, 0.717) is 5.56 Å². The number of benzene rings is 2. The van der Waals surface area contributed by atoms with Crippen molar-refractivity contribution in [2.75, 3.05) is 0 Å². The highest BCUT2D eigenvalue weighted by Gasteiger charge is 2.45. The van der Waals surface area contributed by atoms with Crippen LogP contribution in [-0.4, -0.2) is 79.5 Å². The van der Waals surface area contributed by atoms with Gasteiger partial charge in [-0.15, -0.1) is 0 Å². The molecule has 12 nitrogen and oxygen atoms in total. The Morgan fingerprint density at radius 2 is 1.47 bits per heavy atom. The third-order valence-electron chi connectivity index (χ3n) is 7.34. The Labute approximate surface area is 270 Å². The van der Waals surface area contributed by atoms with Gasteiger partial charge in [0.05, 0.1) is 10.8 Å². The summed E-state index contributed by atoms with van der Waals surface area (Å²) in [4.78, 5) is 66.2. The first-order chi connectivity index (χ1) is 21.0. The van der Waals surface area contributed by atoms with Crippen LogP contribution >= 0.6 is 21.6 Å². The van der Waals surface area contributed by atoms with E-state index in [-0.39, 0.29) is 18.6 Å². The summed E-state index contributed by atoms with van der Waals surface area (Å²) in [5.74, 6) is -3.82. The molecule has 1 fully saturated rings. The molecule has 1 unspecified atom stereocenters. The van der Waals surface area contributed by atoms with Crippen LogP contribution in [-0.2, 0) is 36.8 Å². The second kappa shape index (κ2) is 15.0. The summed E-state index contributed by atoms with van der Waals surface area (Å²) in [6.45, 7) is 8.17. The van der Waals surface area contributed by atoms with Crippen molar-refractivity contribution in [1.29, 1.82) is 0 Å². The number of amides is 4. The molecule has 8 N–H and O–H groups in total. The first kappa shape index (κ1) is 35.7. The smallest absolute Gasteiger partial charge is 0.327 e. The molecule has 1 aliphatic rings. The minimum Gasteiger partial charge on any atom is -0.508 e. The van der Waals surface area contributed by atoms with E-state index in [0.717, 1.165) is 16.4 Å². The number of carboxylic acids is 1. The van der Waals surface area contributed by atoms with Gasteiger partial charge in [-0.05, 0) is 64.3 Å². The highest BCUT2D eigenvalue weighted by molar-refractivity contribution is 8.77. The van der Waals surface area contributed by atoms with Gasteiger partial charge < -0.3 is 37.2 Å². The maximum atomic E-state index is 13.7. The number of aliphatic carboxylic acids is 1. The van der Waals surface area contributed by atoms with Crippen LogP contribution in [0.1, 0.15) is 45.7 Å². The number of phenols is 1. The molecular formula is C31H41N5O7S2. The van der Waals surface area contributed by atoms with Crippen molar-refractivity contribution >= 4 is 51.2 Å². The van der Waals surface area contributed by atoms with E-state index in [2.05, 4.69) is 21.3 Å². The maximum absolute atomic E-state index is 13.7. The minimum absolute atomic E-state index is 0.0709. The predicted octanol–water partition coefficient (Wildman–Crippen LogP) is 1.50. The van der Waals surface area contributed by atoms with Crippen molar-refractivity contribution < 1.29 is 34.2 Å². The van der Waals surface area contributed by atoms with Crippen LogP contribution in [0.4, 0.5) is 0 Å². The number of hydrogen-bond acceptors (Lipinski definition) is 9. The van der Waals surface area contributed by atoms with Crippen molar-refractivity contribution in [2.45, 2.75) is 87.2 Å². The van der Waals surface area contributed by atoms with Gasteiger partial charge in [0.25, 0.3) is 0 Å². The van der Waals surface area contributed by atoms with Crippen LogP contribution in [0.3, 0.4) is 0 Å². The molecule has 0 bridgehead atoms. The topological polar surface area (TPSA) is 200 Å². The largest absolute Gasteiger partial charge is 0.508 e. The number of carbonyl (C=O) groups excluding carboxylic acids is 4. The molecule has 0 radical (unpaired) electrons. The molecule has 1 saturated heterocycles. The van der Waals surface area contributed by atoms with Gasteiger partial charge in [-0.1, -0.05) is 64.1 Å². The van der Waals surface area contributed by atoms with Gasteiger partial charge in [0, 0.05) is 11.2 Å². The third-order valence-corrected chi connectivity index (χ3v) is 11.6. The second-order valence-electron chi connectivity index (χ2n) is 12.1. The van der Waals surface area contributed by atoms with Crippen LogP contribution in [0, 0.1) is 0 Å². The first-order valence-electron chi connectivity index (χ1n) is 14.4. The number of nitrogens with two attached hydrogens (primary N) is 1. The fourth-order valence-electron chi connectivity index (χ4n) is 4.59. The molecule has 1 aliphatic heterocycles. The zero-order valence-electron chi connectivity index (χ0n) is 25.8. The Morgan fingerprint density at radius 3 is 2.07 bits per heavy atom. The van der Waals surface area contributed by atoms with E-state index in [1.807, 2.05) is 6.07 Å². The Bertz CT molecular complexity index is 1390. The summed E-state index contributed by atoms with van der Waals surface area (Å²) in [7, 11) is 2.32. The van der Waals surface area contributed by atoms with Crippen LogP contribution in [0.15, 0.2) is 54.6 Å². The van der Waals surface area contributed by atoms with E-state index in [9.17, 15) is 34.2 Å². The van der Waals surface area contributed by atoms with Crippen molar-refractivity contribution in [3.63, 3.8) is 0 Å².